The second kappa shape index (κ2) is 9.02. The molecule has 0 bridgehead atoms. The maximum Gasteiger partial charge on any atom is 0.331 e. The van der Waals surface area contributed by atoms with Crippen molar-refractivity contribution in [1.82, 2.24) is 4.90 Å². The van der Waals surface area contributed by atoms with E-state index in [0.29, 0.717) is 30.5 Å². The average molecular weight is 442 g/mol. The van der Waals surface area contributed by atoms with Crippen LogP contribution >= 0.6 is 0 Å². The van der Waals surface area contributed by atoms with E-state index in [2.05, 4.69) is 6.07 Å². The van der Waals surface area contributed by atoms with Crippen molar-refractivity contribution >= 4 is 34.6 Å². The number of benzene rings is 3. The topological polar surface area (TPSA) is 63.7 Å². The summed E-state index contributed by atoms with van der Waals surface area (Å²) >= 11 is 0. The number of amides is 2. The Morgan fingerprint density at radius 2 is 1.55 bits per heavy atom. The van der Waals surface area contributed by atoms with E-state index in [1.54, 1.807) is 30.3 Å². The number of carbonyl (C=O) groups is 3. The normalized spacial score (nSPS) is 13.7. The SMILES string of the molecule is CC(C)(C)OC(=O)/C=C/c1c(CCCN2C(=O)c3ccccc3C2=O)ccc2ccccc12. The lowest BCUT2D eigenvalue weighted by Crippen LogP contribution is -2.31. The Kier molecular flexibility index (Phi) is 6.14. The smallest absolute Gasteiger partial charge is 0.331 e. The highest BCUT2D eigenvalue weighted by molar-refractivity contribution is 6.21. The summed E-state index contributed by atoms with van der Waals surface area (Å²) in [6.45, 7) is 5.85. The minimum absolute atomic E-state index is 0.237. The molecule has 0 radical (unpaired) electrons. The molecule has 5 heteroatoms. The highest BCUT2D eigenvalue weighted by Crippen LogP contribution is 2.27. The first-order valence-corrected chi connectivity index (χ1v) is 11.1. The van der Waals surface area contributed by atoms with Gasteiger partial charge in [0.25, 0.3) is 11.8 Å². The maximum atomic E-state index is 12.6. The van der Waals surface area contributed by atoms with Crippen molar-refractivity contribution in [2.75, 3.05) is 6.54 Å². The lowest BCUT2D eigenvalue weighted by atomic mass is 9.95. The number of hydrogen-bond donors (Lipinski definition) is 0. The van der Waals surface area contributed by atoms with Crippen LogP contribution in [0, 0.1) is 0 Å². The van der Waals surface area contributed by atoms with Gasteiger partial charge in [0.05, 0.1) is 11.1 Å². The Morgan fingerprint density at radius 1 is 0.909 bits per heavy atom. The lowest BCUT2D eigenvalue weighted by molar-refractivity contribution is -0.148. The first kappa shape index (κ1) is 22.5. The molecule has 3 aromatic carbocycles. The molecule has 1 heterocycles. The predicted octanol–water partition coefficient (Wildman–Crippen LogP) is 5.42. The summed E-state index contributed by atoms with van der Waals surface area (Å²) in [6, 6.07) is 19.0. The summed E-state index contributed by atoms with van der Waals surface area (Å²) in [5, 5.41) is 2.11. The van der Waals surface area contributed by atoms with Crippen LogP contribution in [0.3, 0.4) is 0 Å². The van der Waals surface area contributed by atoms with Crippen molar-refractivity contribution < 1.29 is 19.1 Å². The lowest BCUT2D eigenvalue weighted by Gasteiger charge is -2.18. The third kappa shape index (κ3) is 4.87. The zero-order chi connectivity index (χ0) is 23.6. The zero-order valence-corrected chi connectivity index (χ0v) is 19.1. The molecule has 0 unspecified atom stereocenters. The number of imide groups is 1. The van der Waals surface area contributed by atoms with Gasteiger partial charge in [0.15, 0.2) is 0 Å². The van der Waals surface area contributed by atoms with Crippen LogP contribution < -0.4 is 0 Å². The first-order chi connectivity index (χ1) is 15.7. The standard InChI is InChI=1S/C28H27NO4/c1-28(2,3)33-25(30)17-16-22-20(15-14-19-9-4-5-11-21(19)22)10-8-18-29-26(31)23-12-6-7-13-24(23)27(29)32/h4-7,9,11-17H,8,10,18H2,1-3H3/b17-16+. The van der Waals surface area contributed by atoms with Gasteiger partial charge in [-0.25, -0.2) is 4.79 Å². The molecule has 0 N–H and O–H groups in total. The molecule has 5 nitrogen and oxygen atoms in total. The number of fused-ring (bicyclic) bond motifs is 2. The van der Waals surface area contributed by atoms with Gasteiger partial charge in [-0.2, -0.15) is 0 Å². The molecule has 33 heavy (non-hydrogen) atoms. The van der Waals surface area contributed by atoms with Crippen LogP contribution in [0.1, 0.15) is 59.0 Å². The molecule has 4 rings (SSSR count). The molecule has 1 aliphatic rings. The second-order valence-electron chi connectivity index (χ2n) is 9.14. The van der Waals surface area contributed by atoms with E-state index in [4.69, 9.17) is 4.74 Å². The van der Waals surface area contributed by atoms with Crippen LogP contribution in [0.25, 0.3) is 16.8 Å². The number of ether oxygens (including phenoxy) is 1. The molecule has 0 spiro atoms. The van der Waals surface area contributed by atoms with Crippen LogP contribution in [-0.2, 0) is 16.0 Å². The fourth-order valence-corrected chi connectivity index (χ4v) is 4.11. The van der Waals surface area contributed by atoms with Gasteiger partial charge in [0.1, 0.15) is 5.60 Å². The largest absolute Gasteiger partial charge is 0.457 e. The molecule has 0 fully saturated rings. The fourth-order valence-electron chi connectivity index (χ4n) is 4.11. The number of esters is 1. The fraction of sp³-hybridized carbons (Fsp3) is 0.250. The molecule has 3 aromatic rings. The molecule has 0 aliphatic carbocycles. The van der Waals surface area contributed by atoms with E-state index < -0.39 is 11.6 Å². The van der Waals surface area contributed by atoms with Gasteiger partial charge in [-0.05, 0) is 73.7 Å². The van der Waals surface area contributed by atoms with Crippen LogP contribution in [-0.4, -0.2) is 34.8 Å². The third-order valence-electron chi connectivity index (χ3n) is 5.56. The Morgan fingerprint density at radius 3 is 2.21 bits per heavy atom. The second-order valence-corrected chi connectivity index (χ2v) is 9.14. The van der Waals surface area contributed by atoms with Crippen molar-refractivity contribution in [2.45, 2.75) is 39.2 Å². The van der Waals surface area contributed by atoms with Crippen LogP contribution in [0.15, 0.2) is 66.7 Å². The summed E-state index contributed by atoms with van der Waals surface area (Å²) in [6.07, 6.45) is 4.54. The number of hydrogen-bond acceptors (Lipinski definition) is 4. The molecule has 2 amide bonds. The van der Waals surface area contributed by atoms with Gasteiger partial charge in [0.2, 0.25) is 0 Å². The van der Waals surface area contributed by atoms with Gasteiger partial charge in [-0.15, -0.1) is 0 Å². The summed E-state index contributed by atoms with van der Waals surface area (Å²) in [5.74, 6) is -0.870. The van der Waals surface area contributed by atoms with Crippen LogP contribution in [0.2, 0.25) is 0 Å². The van der Waals surface area contributed by atoms with Crippen molar-refractivity contribution in [3.63, 3.8) is 0 Å². The summed E-state index contributed by atoms with van der Waals surface area (Å²) in [4.78, 5) is 38.8. The monoisotopic (exact) mass is 441 g/mol. The van der Waals surface area contributed by atoms with Gasteiger partial charge in [0, 0.05) is 12.6 Å². The van der Waals surface area contributed by atoms with Crippen LogP contribution in [0.4, 0.5) is 0 Å². The Hall–Kier alpha value is -3.73. The Bertz CT molecular complexity index is 1230. The molecule has 1 aliphatic heterocycles. The van der Waals surface area contributed by atoms with E-state index in [1.165, 1.54) is 11.0 Å². The molecule has 168 valence electrons. The first-order valence-electron chi connectivity index (χ1n) is 11.1. The number of rotatable bonds is 6. The molecule has 0 atom stereocenters. The number of carbonyl (C=O) groups excluding carboxylic acids is 3. The number of aryl methyl sites for hydroxylation is 1. The van der Waals surface area contributed by atoms with Crippen molar-refractivity contribution in [3.8, 4) is 0 Å². The third-order valence-corrected chi connectivity index (χ3v) is 5.56. The minimum atomic E-state index is -0.560. The van der Waals surface area contributed by atoms with E-state index in [-0.39, 0.29) is 11.8 Å². The highest BCUT2D eigenvalue weighted by Gasteiger charge is 2.34. The van der Waals surface area contributed by atoms with Crippen LogP contribution in [0.5, 0.6) is 0 Å². The predicted molar refractivity (Wildman–Crippen MR) is 129 cm³/mol. The van der Waals surface area contributed by atoms with Gasteiger partial charge in [-0.3, -0.25) is 14.5 Å². The van der Waals surface area contributed by atoms with E-state index >= 15 is 0 Å². The Labute approximate surface area is 193 Å². The highest BCUT2D eigenvalue weighted by atomic mass is 16.6. The van der Waals surface area contributed by atoms with Crippen molar-refractivity contribution in [1.29, 1.82) is 0 Å². The quantitative estimate of drug-likeness (QED) is 0.291. The molecular weight excluding hydrogens is 414 g/mol. The average Bonchev–Trinajstić information content (AvgIpc) is 3.02. The zero-order valence-electron chi connectivity index (χ0n) is 19.1. The summed E-state index contributed by atoms with van der Waals surface area (Å²) in [5.41, 5.74) is 2.37. The summed E-state index contributed by atoms with van der Waals surface area (Å²) in [7, 11) is 0. The summed E-state index contributed by atoms with van der Waals surface area (Å²) < 4.78 is 5.41. The molecule has 0 saturated heterocycles. The number of nitrogens with zero attached hydrogens (tertiary/aromatic N) is 1. The van der Waals surface area contributed by atoms with E-state index in [9.17, 15) is 14.4 Å². The van der Waals surface area contributed by atoms with Crippen molar-refractivity contribution in [2.24, 2.45) is 0 Å². The van der Waals surface area contributed by atoms with Crippen molar-refractivity contribution in [3.05, 3.63) is 89.0 Å². The Balaban J connectivity index is 1.53. The van der Waals surface area contributed by atoms with E-state index in [0.717, 1.165) is 21.9 Å². The molecule has 0 saturated carbocycles. The minimum Gasteiger partial charge on any atom is -0.457 e. The van der Waals surface area contributed by atoms with Gasteiger partial charge in [-0.1, -0.05) is 48.5 Å². The van der Waals surface area contributed by atoms with E-state index in [1.807, 2.05) is 51.1 Å². The van der Waals surface area contributed by atoms with Gasteiger partial charge < -0.3 is 4.74 Å². The maximum absolute atomic E-state index is 12.6. The molecular formula is C28H27NO4. The molecule has 0 aromatic heterocycles. The van der Waals surface area contributed by atoms with Gasteiger partial charge >= 0.3 is 5.97 Å².